The van der Waals surface area contributed by atoms with Crippen LogP contribution in [0.4, 0.5) is 11.4 Å². The van der Waals surface area contributed by atoms with Crippen LogP contribution >= 0.6 is 0 Å². The van der Waals surface area contributed by atoms with E-state index in [-0.39, 0.29) is 11.8 Å². The molecule has 4 N–H and O–H groups in total. The van der Waals surface area contributed by atoms with E-state index in [1.165, 1.54) is 6.92 Å². The fraction of sp³-hybridized carbons (Fsp3) is 0.467. The Balaban J connectivity index is 2.78. The van der Waals surface area contributed by atoms with Crippen LogP contribution in [-0.2, 0) is 9.59 Å². The Kier molecular flexibility index (Phi) is 5.70. The second-order valence-corrected chi connectivity index (χ2v) is 4.90. The molecule has 0 aliphatic rings. The van der Waals surface area contributed by atoms with E-state index in [0.29, 0.717) is 30.8 Å². The topological polar surface area (TPSA) is 84.2 Å². The number of carbonyl (C=O) groups is 2. The summed E-state index contributed by atoms with van der Waals surface area (Å²) in [6.07, 6.45) is 1.41. The van der Waals surface area contributed by atoms with Gasteiger partial charge < -0.3 is 16.4 Å². The zero-order valence-electron chi connectivity index (χ0n) is 12.3. The lowest BCUT2D eigenvalue weighted by atomic mass is 9.81. The van der Waals surface area contributed by atoms with E-state index in [4.69, 9.17) is 5.73 Å². The largest absolute Gasteiger partial charge is 0.329 e. The summed E-state index contributed by atoms with van der Waals surface area (Å²) in [6.45, 7) is 5.72. The fourth-order valence-electron chi connectivity index (χ4n) is 2.06. The molecule has 0 aliphatic carbocycles. The molecule has 0 saturated carbocycles. The lowest BCUT2D eigenvalue weighted by molar-refractivity contribution is -0.125. The first-order valence-electron chi connectivity index (χ1n) is 6.86. The van der Waals surface area contributed by atoms with Gasteiger partial charge in [-0.25, -0.2) is 0 Å². The number of amides is 2. The predicted molar refractivity (Wildman–Crippen MR) is 81.4 cm³/mol. The van der Waals surface area contributed by atoms with Crippen LogP contribution in [0.3, 0.4) is 0 Å². The summed E-state index contributed by atoms with van der Waals surface area (Å²) in [5, 5.41) is 5.56. The van der Waals surface area contributed by atoms with Gasteiger partial charge in [-0.2, -0.15) is 0 Å². The third-order valence-corrected chi connectivity index (χ3v) is 3.69. The highest BCUT2D eigenvalue weighted by molar-refractivity contribution is 5.96. The van der Waals surface area contributed by atoms with Crippen LogP contribution < -0.4 is 16.4 Å². The molecule has 0 aliphatic heterocycles. The number of benzene rings is 1. The average Bonchev–Trinajstić information content (AvgIpc) is 2.43. The van der Waals surface area contributed by atoms with Crippen molar-refractivity contribution in [3.05, 3.63) is 24.3 Å². The summed E-state index contributed by atoms with van der Waals surface area (Å²) in [7, 11) is 0. The molecule has 5 heteroatoms. The molecule has 0 saturated heterocycles. The molecule has 20 heavy (non-hydrogen) atoms. The first kappa shape index (κ1) is 16.2. The maximum Gasteiger partial charge on any atom is 0.231 e. The minimum Gasteiger partial charge on any atom is -0.329 e. The summed E-state index contributed by atoms with van der Waals surface area (Å²) >= 11 is 0. The lowest BCUT2D eigenvalue weighted by Crippen LogP contribution is -2.41. The second-order valence-electron chi connectivity index (χ2n) is 4.90. The highest BCUT2D eigenvalue weighted by Crippen LogP contribution is 2.27. The molecule has 0 bridgehead atoms. The molecule has 0 radical (unpaired) electrons. The first-order chi connectivity index (χ1) is 9.47. The molecule has 110 valence electrons. The number of carbonyl (C=O) groups excluding carboxylic acids is 2. The van der Waals surface area contributed by atoms with Gasteiger partial charge in [0.25, 0.3) is 0 Å². The molecule has 0 unspecified atom stereocenters. The third kappa shape index (κ3) is 3.81. The van der Waals surface area contributed by atoms with Crippen LogP contribution in [0.25, 0.3) is 0 Å². The van der Waals surface area contributed by atoms with Crippen LogP contribution in [0.15, 0.2) is 24.3 Å². The predicted octanol–water partition coefficient (Wildman–Crippen LogP) is 2.35. The second kappa shape index (κ2) is 7.05. The summed E-state index contributed by atoms with van der Waals surface area (Å²) in [5.41, 5.74) is 6.63. The molecule has 2 amide bonds. The Hall–Kier alpha value is -1.88. The fourth-order valence-corrected chi connectivity index (χ4v) is 2.06. The van der Waals surface area contributed by atoms with Crippen LogP contribution in [0, 0.1) is 5.41 Å². The molecule has 1 aromatic carbocycles. The monoisotopic (exact) mass is 277 g/mol. The van der Waals surface area contributed by atoms with Crippen molar-refractivity contribution < 1.29 is 9.59 Å². The van der Waals surface area contributed by atoms with Crippen LogP contribution in [0.2, 0.25) is 0 Å². The van der Waals surface area contributed by atoms with Gasteiger partial charge in [-0.15, -0.1) is 0 Å². The lowest BCUT2D eigenvalue weighted by Gasteiger charge is -2.28. The molecular formula is C15H23N3O2. The number of hydrogen-bond acceptors (Lipinski definition) is 3. The van der Waals surface area contributed by atoms with E-state index in [9.17, 15) is 9.59 Å². The Morgan fingerprint density at radius 1 is 1.05 bits per heavy atom. The number of nitrogens with two attached hydrogens (primary N) is 1. The van der Waals surface area contributed by atoms with Crippen molar-refractivity contribution in [2.24, 2.45) is 11.1 Å². The minimum absolute atomic E-state index is 0.0581. The quantitative estimate of drug-likeness (QED) is 0.746. The molecule has 0 fully saturated rings. The van der Waals surface area contributed by atoms with E-state index < -0.39 is 5.41 Å². The molecule has 0 aromatic heterocycles. The van der Waals surface area contributed by atoms with Gasteiger partial charge in [0.15, 0.2) is 0 Å². The first-order valence-corrected chi connectivity index (χ1v) is 6.86. The van der Waals surface area contributed by atoms with E-state index in [0.717, 1.165) is 0 Å². The third-order valence-electron chi connectivity index (χ3n) is 3.69. The average molecular weight is 277 g/mol. The summed E-state index contributed by atoms with van der Waals surface area (Å²) in [5.74, 6) is -0.182. The number of anilines is 2. The number of nitrogens with one attached hydrogen (secondary N) is 2. The molecule has 0 spiro atoms. The molecule has 1 rings (SSSR count). The normalized spacial score (nSPS) is 11.0. The van der Waals surface area contributed by atoms with Crippen molar-refractivity contribution in [2.75, 3.05) is 17.2 Å². The Bertz CT molecular complexity index is 456. The van der Waals surface area contributed by atoms with E-state index >= 15 is 0 Å². The standard InChI is InChI=1S/C15H23N3O2/c1-4-15(5-2,10-16)14(20)18-13-8-6-12(7-9-13)17-11(3)19/h6-9H,4-5,10,16H2,1-3H3,(H,17,19)(H,18,20). The van der Waals surface area contributed by atoms with Gasteiger partial charge >= 0.3 is 0 Å². The van der Waals surface area contributed by atoms with Gasteiger partial charge in [0.1, 0.15) is 0 Å². The molecule has 1 aromatic rings. The highest BCUT2D eigenvalue weighted by atomic mass is 16.2. The van der Waals surface area contributed by atoms with Gasteiger partial charge in [-0.05, 0) is 37.1 Å². The maximum absolute atomic E-state index is 12.3. The van der Waals surface area contributed by atoms with E-state index in [1.807, 2.05) is 13.8 Å². The summed E-state index contributed by atoms with van der Waals surface area (Å²) in [6, 6.07) is 7.02. The van der Waals surface area contributed by atoms with Crippen LogP contribution in [-0.4, -0.2) is 18.4 Å². The van der Waals surface area contributed by atoms with Crippen molar-refractivity contribution in [3.63, 3.8) is 0 Å². The van der Waals surface area contributed by atoms with Gasteiger partial charge in [-0.3, -0.25) is 9.59 Å². The highest BCUT2D eigenvalue weighted by Gasteiger charge is 2.33. The van der Waals surface area contributed by atoms with Crippen molar-refractivity contribution >= 4 is 23.2 Å². The van der Waals surface area contributed by atoms with Crippen molar-refractivity contribution in [3.8, 4) is 0 Å². The van der Waals surface area contributed by atoms with E-state index in [1.54, 1.807) is 24.3 Å². The zero-order valence-corrected chi connectivity index (χ0v) is 12.3. The van der Waals surface area contributed by atoms with Crippen LogP contribution in [0.1, 0.15) is 33.6 Å². The Morgan fingerprint density at radius 2 is 1.50 bits per heavy atom. The Morgan fingerprint density at radius 3 is 1.85 bits per heavy atom. The van der Waals surface area contributed by atoms with Crippen molar-refractivity contribution in [1.29, 1.82) is 0 Å². The Labute approximate surface area is 119 Å². The van der Waals surface area contributed by atoms with Crippen molar-refractivity contribution in [1.82, 2.24) is 0 Å². The summed E-state index contributed by atoms with van der Waals surface area (Å²) < 4.78 is 0. The van der Waals surface area contributed by atoms with Gasteiger partial charge in [0.2, 0.25) is 11.8 Å². The van der Waals surface area contributed by atoms with Crippen molar-refractivity contribution in [2.45, 2.75) is 33.6 Å². The molecule has 0 atom stereocenters. The number of hydrogen-bond donors (Lipinski definition) is 3. The zero-order chi connectivity index (χ0) is 15.2. The molecule has 5 nitrogen and oxygen atoms in total. The summed E-state index contributed by atoms with van der Waals surface area (Å²) in [4.78, 5) is 23.3. The van der Waals surface area contributed by atoms with Crippen LogP contribution in [0.5, 0.6) is 0 Å². The number of rotatable bonds is 6. The minimum atomic E-state index is -0.518. The van der Waals surface area contributed by atoms with Gasteiger partial charge in [-0.1, -0.05) is 13.8 Å². The molecular weight excluding hydrogens is 254 g/mol. The SMILES string of the molecule is CCC(CC)(CN)C(=O)Nc1ccc(NC(C)=O)cc1. The van der Waals surface area contributed by atoms with E-state index in [2.05, 4.69) is 10.6 Å². The smallest absolute Gasteiger partial charge is 0.231 e. The molecule has 0 heterocycles. The van der Waals surface area contributed by atoms with Gasteiger partial charge in [0.05, 0.1) is 5.41 Å². The van der Waals surface area contributed by atoms with Gasteiger partial charge in [0, 0.05) is 24.8 Å². The maximum atomic E-state index is 12.3.